The summed E-state index contributed by atoms with van der Waals surface area (Å²) >= 11 is 5.76. The number of aryl methyl sites for hydroxylation is 1. The maximum atomic E-state index is 10.4. The van der Waals surface area contributed by atoms with Gasteiger partial charge in [0.25, 0.3) is 5.78 Å². The summed E-state index contributed by atoms with van der Waals surface area (Å²) in [4.78, 5) is 14.3. The Bertz CT molecular complexity index is 510. The van der Waals surface area contributed by atoms with Crippen molar-refractivity contribution in [3.05, 3.63) is 23.2 Å². The summed E-state index contributed by atoms with van der Waals surface area (Å²) in [6, 6.07) is 0. The van der Waals surface area contributed by atoms with Crippen LogP contribution in [0.3, 0.4) is 0 Å². The lowest BCUT2D eigenvalue weighted by molar-refractivity contribution is -0.137. The van der Waals surface area contributed by atoms with Crippen LogP contribution in [-0.2, 0) is 11.2 Å². The van der Waals surface area contributed by atoms with Crippen molar-refractivity contribution in [1.29, 1.82) is 0 Å². The molecule has 6 nitrogen and oxygen atoms in total. The standard InChI is InChI=1S/C8H7ClN4O2/c9-5-3-10-8-12-11-6(13(8)4-5)1-2-7(14)15/h3-4H,1-2H2,(H,14,15). The number of carbonyl (C=O) groups is 1. The molecule has 0 radical (unpaired) electrons. The molecule has 2 aromatic heterocycles. The van der Waals surface area contributed by atoms with Gasteiger partial charge in [-0.2, -0.15) is 0 Å². The number of hydrogen-bond donors (Lipinski definition) is 1. The van der Waals surface area contributed by atoms with Crippen LogP contribution in [0, 0.1) is 0 Å². The molecule has 2 rings (SSSR count). The molecule has 0 aliphatic heterocycles. The molecule has 0 amide bonds. The van der Waals surface area contributed by atoms with E-state index >= 15 is 0 Å². The van der Waals surface area contributed by atoms with Gasteiger partial charge in [-0.15, -0.1) is 10.2 Å². The first kappa shape index (κ1) is 9.85. The van der Waals surface area contributed by atoms with E-state index in [0.29, 0.717) is 23.0 Å². The van der Waals surface area contributed by atoms with Crippen LogP contribution in [0.1, 0.15) is 12.2 Å². The van der Waals surface area contributed by atoms with Gasteiger partial charge in [-0.1, -0.05) is 11.6 Å². The normalized spacial score (nSPS) is 10.7. The number of halogens is 1. The lowest BCUT2D eigenvalue weighted by atomic mass is 10.3. The van der Waals surface area contributed by atoms with Gasteiger partial charge in [0.1, 0.15) is 5.82 Å². The van der Waals surface area contributed by atoms with Crippen LogP contribution in [0.15, 0.2) is 12.4 Å². The van der Waals surface area contributed by atoms with Gasteiger partial charge in [0.05, 0.1) is 17.6 Å². The maximum Gasteiger partial charge on any atom is 0.303 e. The lowest BCUT2D eigenvalue weighted by Gasteiger charge is -1.97. The van der Waals surface area contributed by atoms with Crippen molar-refractivity contribution >= 4 is 23.3 Å². The number of aromatic nitrogens is 4. The van der Waals surface area contributed by atoms with Crippen LogP contribution >= 0.6 is 11.6 Å². The number of rotatable bonds is 3. The topological polar surface area (TPSA) is 80.4 Å². The van der Waals surface area contributed by atoms with E-state index in [1.807, 2.05) is 0 Å². The van der Waals surface area contributed by atoms with Crippen LogP contribution in [0.2, 0.25) is 5.02 Å². The third-order valence-electron chi connectivity index (χ3n) is 1.87. The summed E-state index contributed by atoms with van der Waals surface area (Å²) in [6.07, 6.45) is 3.39. The van der Waals surface area contributed by atoms with E-state index in [-0.39, 0.29) is 6.42 Å². The van der Waals surface area contributed by atoms with Crippen molar-refractivity contribution in [2.24, 2.45) is 0 Å². The molecule has 0 saturated carbocycles. The minimum atomic E-state index is -0.873. The molecule has 0 bridgehead atoms. The molecular weight excluding hydrogens is 220 g/mol. The number of carboxylic acids is 1. The summed E-state index contributed by atoms with van der Waals surface area (Å²) < 4.78 is 1.59. The van der Waals surface area contributed by atoms with Gasteiger partial charge in [0, 0.05) is 12.6 Å². The van der Waals surface area contributed by atoms with E-state index in [0.717, 1.165) is 0 Å². The Labute approximate surface area is 89.5 Å². The second kappa shape index (κ2) is 3.82. The largest absolute Gasteiger partial charge is 0.481 e. The minimum Gasteiger partial charge on any atom is -0.481 e. The number of fused-ring (bicyclic) bond motifs is 1. The molecular formula is C8H7ClN4O2. The van der Waals surface area contributed by atoms with E-state index < -0.39 is 5.97 Å². The molecule has 0 saturated heterocycles. The van der Waals surface area contributed by atoms with E-state index in [4.69, 9.17) is 16.7 Å². The number of aliphatic carboxylic acids is 1. The Hall–Kier alpha value is -1.69. The zero-order chi connectivity index (χ0) is 10.8. The fourth-order valence-corrected chi connectivity index (χ4v) is 1.35. The highest BCUT2D eigenvalue weighted by molar-refractivity contribution is 6.30. The third kappa shape index (κ3) is 2.04. The summed E-state index contributed by atoms with van der Waals surface area (Å²) in [5, 5.41) is 16.6. The number of hydrogen-bond acceptors (Lipinski definition) is 4. The van der Waals surface area contributed by atoms with Gasteiger partial charge >= 0.3 is 5.97 Å². The fourth-order valence-electron chi connectivity index (χ4n) is 1.20. The molecule has 0 fully saturated rings. The second-order valence-corrected chi connectivity index (χ2v) is 3.39. The summed E-state index contributed by atoms with van der Waals surface area (Å²) in [5.41, 5.74) is 0. The van der Waals surface area contributed by atoms with Gasteiger partial charge in [0.15, 0.2) is 0 Å². The number of nitrogens with zero attached hydrogens (tertiary/aromatic N) is 4. The van der Waals surface area contributed by atoms with Gasteiger partial charge < -0.3 is 5.11 Å². The third-order valence-corrected chi connectivity index (χ3v) is 2.06. The summed E-state index contributed by atoms with van der Waals surface area (Å²) in [6.45, 7) is 0. The Kier molecular flexibility index (Phi) is 2.51. The van der Waals surface area contributed by atoms with Crippen molar-refractivity contribution in [3.8, 4) is 0 Å². The average Bonchev–Trinajstić information content (AvgIpc) is 2.57. The van der Waals surface area contributed by atoms with Crippen molar-refractivity contribution < 1.29 is 9.90 Å². The Morgan fingerprint density at radius 2 is 2.33 bits per heavy atom. The minimum absolute atomic E-state index is 0.00725. The van der Waals surface area contributed by atoms with E-state index in [1.165, 1.54) is 6.20 Å². The van der Waals surface area contributed by atoms with Crippen molar-refractivity contribution in [2.45, 2.75) is 12.8 Å². The predicted octanol–water partition coefficient (Wildman–Crippen LogP) is 0.795. The van der Waals surface area contributed by atoms with Crippen LogP contribution < -0.4 is 0 Å². The second-order valence-electron chi connectivity index (χ2n) is 2.95. The average molecular weight is 227 g/mol. The van der Waals surface area contributed by atoms with Crippen LogP contribution in [0.25, 0.3) is 5.78 Å². The maximum absolute atomic E-state index is 10.4. The summed E-state index contributed by atoms with van der Waals surface area (Å²) in [7, 11) is 0. The summed E-state index contributed by atoms with van der Waals surface area (Å²) in [5.74, 6) is 0.0870. The van der Waals surface area contributed by atoms with Crippen molar-refractivity contribution in [1.82, 2.24) is 19.6 Å². The molecule has 0 spiro atoms. The van der Waals surface area contributed by atoms with Crippen LogP contribution in [0.4, 0.5) is 0 Å². The molecule has 0 aromatic carbocycles. The molecule has 0 atom stereocenters. The Morgan fingerprint density at radius 3 is 3.07 bits per heavy atom. The van der Waals surface area contributed by atoms with E-state index in [1.54, 1.807) is 10.6 Å². The fraction of sp³-hybridized carbons (Fsp3) is 0.250. The SMILES string of the molecule is O=C(O)CCc1nnc2ncc(Cl)cn12. The lowest BCUT2D eigenvalue weighted by Crippen LogP contribution is -2.01. The Morgan fingerprint density at radius 1 is 1.53 bits per heavy atom. The Balaban J connectivity index is 2.35. The molecule has 0 aliphatic rings. The molecule has 78 valence electrons. The monoisotopic (exact) mass is 226 g/mol. The first-order valence-corrected chi connectivity index (χ1v) is 4.61. The first-order valence-electron chi connectivity index (χ1n) is 4.24. The van der Waals surface area contributed by atoms with E-state index in [9.17, 15) is 4.79 Å². The van der Waals surface area contributed by atoms with Gasteiger partial charge in [-0.05, 0) is 0 Å². The van der Waals surface area contributed by atoms with Gasteiger partial charge in [-0.3, -0.25) is 9.20 Å². The zero-order valence-corrected chi connectivity index (χ0v) is 8.35. The highest BCUT2D eigenvalue weighted by atomic mass is 35.5. The highest BCUT2D eigenvalue weighted by Gasteiger charge is 2.08. The quantitative estimate of drug-likeness (QED) is 0.837. The molecule has 0 unspecified atom stereocenters. The van der Waals surface area contributed by atoms with Gasteiger partial charge in [0.2, 0.25) is 0 Å². The molecule has 15 heavy (non-hydrogen) atoms. The molecule has 0 aliphatic carbocycles. The van der Waals surface area contributed by atoms with Crippen LogP contribution in [0.5, 0.6) is 0 Å². The molecule has 2 aromatic rings. The molecule has 1 N–H and O–H groups in total. The highest BCUT2D eigenvalue weighted by Crippen LogP contribution is 2.09. The number of carboxylic acid groups (broad SMARTS) is 1. The first-order chi connectivity index (χ1) is 7.16. The van der Waals surface area contributed by atoms with Gasteiger partial charge in [-0.25, -0.2) is 4.98 Å². The molecule has 2 heterocycles. The predicted molar refractivity (Wildman–Crippen MR) is 51.7 cm³/mol. The van der Waals surface area contributed by atoms with Crippen LogP contribution in [-0.4, -0.2) is 30.7 Å². The van der Waals surface area contributed by atoms with E-state index in [2.05, 4.69) is 15.2 Å². The molecule has 7 heteroatoms. The smallest absolute Gasteiger partial charge is 0.303 e. The van der Waals surface area contributed by atoms with Crippen molar-refractivity contribution in [2.75, 3.05) is 0 Å². The van der Waals surface area contributed by atoms with Crippen molar-refractivity contribution in [3.63, 3.8) is 0 Å². The zero-order valence-electron chi connectivity index (χ0n) is 7.59.